The number of aryl methyl sites for hydroxylation is 1. The van der Waals surface area contributed by atoms with Crippen molar-refractivity contribution in [3.05, 3.63) is 28.8 Å². The zero-order valence-electron chi connectivity index (χ0n) is 17.2. The van der Waals surface area contributed by atoms with Crippen molar-refractivity contribution in [3.63, 3.8) is 0 Å². The Hall–Kier alpha value is -2.72. The third-order valence-corrected chi connectivity index (χ3v) is 7.75. The molecular weight excluding hydrogens is 436 g/mol. The summed E-state index contributed by atoms with van der Waals surface area (Å²) < 4.78 is 11.5. The number of anilines is 2. The molecular formula is C21H22N4O4S2. The van der Waals surface area contributed by atoms with Crippen molar-refractivity contribution < 1.29 is 19.1 Å². The van der Waals surface area contributed by atoms with Gasteiger partial charge in [-0.3, -0.25) is 9.59 Å². The van der Waals surface area contributed by atoms with Gasteiger partial charge in [-0.2, -0.15) is 0 Å². The standard InChI is InChI=1S/C21H22N4O4S2/c1-3-29-19(27)13-5-7-15-17(13)23-20(30-15)24-18(26)11-9-25(10-11)21-22-14-6-4-12(28-2)8-16(14)31-21/h4,6,8,11,13H,3,5,7,9-10H2,1-2H3,(H,23,24,26). The summed E-state index contributed by atoms with van der Waals surface area (Å²) in [6.45, 7) is 3.41. The van der Waals surface area contributed by atoms with E-state index in [1.807, 2.05) is 18.2 Å². The van der Waals surface area contributed by atoms with Crippen LogP contribution in [0.3, 0.4) is 0 Å². The van der Waals surface area contributed by atoms with Crippen LogP contribution in [-0.2, 0) is 20.7 Å². The molecule has 1 amide bonds. The average molecular weight is 459 g/mol. The zero-order chi connectivity index (χ0) is 21.5. The van der Waals surface area contributed by atoms with E-state index in [4.69, 9.17) is 9.47 Å². The highest BCUT2D eigenvalue weighted by Gasteiger charge is 2.37. The number of hydrogen-bond acceptors (Lipinski definition) is 9. The summed E-state index contributed by atoms with van der Waals surface area (Å²) in [5.74, 6) is 0.116. The molecule has 3 heterocycles. The lowest BCUT2D eigenvalue weighted by Crippen LogP contribution is -2.52. The summed E-state index contributed by atoms with van der Waals surface area (Å²) in [6.07, 6.45) is 1.53. The lowest BCUT2D eigenvalue weighted by Gasteiger charge is -2.37. The molecule has 5 rings (SSSR count). The van der Waals surface area contributed by atoms with Crippen LogP contribution in [0.4, 0.5) is 10.3 Å². The van der Waals surface area contributed by atoms with Gasteiger partial charge in [0.15, 0.2) is 10.3 Å². The van der Waals surface area contributed by atoms with Crippen molar-refractivity contribution in [1.82, 2.24) is 9.97 Å². The lowest BCUT2D eigenvalue weighted by atomic mass is 10.0. The fourth-order valence-corrected chi connectivity index (χ4v) is 5.97. The van der Waals surface area contributed by atoms with Crippen LogP contribution < -0.4 is 15.0 Å². The number of fused-ring (bicyclic) bond motifs is 2. The molecule has 8 nitrogen and oxygen atoms in total. The molecule has 1 atom stereocenters. The van der Waals surface area contributed by atoms with Crippen LogP contribution in [0.1, 0.15) is 29.8 Å². The summed E-state index contributed by atoms with van der Waals surface area (Å²) >= 11 is 3.06. The second-order valence-corrected chi connectivity index (χ2v) is 9.68. The summed E-state index contributed by atoms with van der Waals surface area (Å²) in [4.78, 5) is 37.2. The third-order valence-electron chi connectivity index (χ3n) is 5.63. The molecule has 0 spiro atoms. The Labute approximate surface area is 187 Å². The van der Waals surface area contributed by atoms with Crippen molar-refractivity contribution in [2.45, 2.75) is 25.7 Å². The molecule has 0 radical (unpaired) electrons. The van der Waals surface area contributed by atoms with Gasteiger partial charge in [0.25, 0.3) is 0 Å². The highest BCUT2D eigenvalue weighted by molar-refractivity contribution is 7.22. The van der Waals surface area contributed by atoms with E-state index in [1.54, 1.807) is 25.4 Å². The van der Waals surface area contributed by atoms with E-state index in [1.165, 1.54) is 11.3 Å². The topological polar surface area (TPSA) is 93.7 Å². The number of esters is 1. The first-order valence-electron chi connectivity index (χ1n) is 10.2. The fraction of sp³-hybridized carbons (Fsp3) is 0.429. The second kappa shape index (κ2) is 8.08. The maximum atomic E-state index is 12.7. The van der Waals surface area contributed by atoms with E-state index < -0.39 is 0 Å². The number of nitrogens with one attached hydrogen (secondary N) is 1. The number of benzene rings is 1. The first kappa shape index (κ1) is 20.2. The first-order chi connectivity index (χ1) is 15.1. The minimum atomic E-state index is -0.311. The summed E-state index contributed by atoms with van der Waals surface area (Å²) in [5.41, 5.74) is 1.70. The highest BCUT2D eigenvalue weighted by Crippen LogP contribution is 2.39. The summed E-state index contributed by atoms with van der Waals surface area (Å²) in [5, 5.41) is 4.41. The second-order valence-electron chi connectivity index (χ2n) is 7.59. The SMILES string of the molecule is CCOC(=O)C1CCc2sc(NC(=O)C3CN(c4nc5ccc(OC)cc5s4)C3)nc21. The van der Waals surface area contributed by atoms with Gasteiger partial charge in [0, 0.05) is 18.0 Å². The number of rotatable bonds is 6. The Morgan fingerprint density at radius 1 is 1.26 bits per heavy atom. The Bertz CT molecular complexity index is 1150. The largest absolute Gasteiger partial charge is 0.497 e. The number of thiazole rings is 2. The van der Waals surface area contributed by atoms with E-state index in [0.29, 0.717) is 24.8 Å². The Morgan fingerprint density at radius 3 is 2.87 bits per heavy atom. The van der Waals surface area contributed by atoms with Crippen molar-refractivity contribution >= 4 is 55.0 Å². The minimum Gasteiger partial charge on any atom is -0.497 e. The van der Waals surface area contributed by atoms with Gasteiger partial charge in [0.2, 0.25) is 5.91 Å². The number of hydrogen-bond donors (Lipinski definition) is 1. The lowest BCUT2D eigenvalue weighted by molar-refractivity contribution is -0.145. The van der Waals surface area contributed by atoms with Gasteiger partial charge in [-0.25, -0.2) is 9.97 Å². The molecule has 2 aromatic heterocycles. The average Bonchev–Trinajstić information content (AvgIpc) is 3.39. The molecule has 1 aliphatic heterocycles. The molecule has 2 aliphatic rings. The molecule has 3 aromatic rings. The van der Waals surface area contributed by atoms with Gasteiger partial charge in [-0.15, -0.1) is 11.3 Å². The molecule has 162 valence electrons. The zero-order valence-corrected chi connectivity index (χ0v) is 18.8. The van der Waals surface area contributed by atoms with E-state index in [-0.39, 0.29) is 23.7 Å². The van der Waals surface area contributed by atoms with E-state index in [2.05, 4.69) is 20.2 Å². The third kappa shape index (κ3) is 3.74. The van der Waals surface area contributed by atoms with Crippen LogP contribution >= 0.6 is 22.7 Å². The summed E-state index contributed by atoms with van der Waals surface area (Å²) in [7, 11) is 1.65. The van der Waals surface area contributed by atoms with Gasteiger partial charge >= 0.3 is 5.97 Å². The Morgan fingerprint density at radius 2 is 2.10 bits per heavy atom. The maximum absolute atomic E-state index is 12.7. The van der Waals surface area contributed by atoms with Crippen LogP contribution in [-0.4, -0.2) is 48.7 Å². The van der Waals surface area contributed by atoms with Crippen molar-refractivity contribution in [3.8, 4) is 5.75 Å². The fourth-order valence-electron chi connectivity index (χ4n) is 3.92. The molecule has 31 heavy (non-hydrogen) atoms. The summed E-state index contributed by atoms with van der Waals surface area (Å²) in [6, 6.07) is 5.82. The number of carbonyl (C=O) groups is 2. The number of methoxy groups -OCH3 is 1. The quantitative estimate of drug-likeness (QED) is 0.566. The first-order valence-corrected chi connectivity index (χ1v) is 11.9. The number of aromatic nitrogens is 2. The van der Waals surface area contributed by atoms with Crippen LogP contribution in [0, 0.1) is 5.92 Å². The molecule has 1 fully saturated rings. The van der Waals surface area contributed by atoms with Gasteiger partial charge in [-0.1, -0.05) is 11.3 Å². The van der Waals surface area contributed by atoms with E-state index in [0.717, 1.165) is 44.5 Å². The van der Waals surface area contributed by atoms with Gasteiger partial charge in [-0.05, 0) is 38.0 Å². The van der Waals surface area contributed by atoms with Crippen molar-refractivity contribution in [2.75, 3.05) is 37.0 Å². The molecule has 1 unspecified atom stereocenters. The number of nitrogens with zero attached hydrogens (tertiary/aromatic N) is 3. The predicted molar refractivity (Wildman–Crippen MR) is 120 cm³/mol. The monoisotopic (exact) mass is 458 g/mol. The molecule has 1 N–H and O–H groups in total. The van der Waals surface area contributed by atoms with Crippen LogP contribution in [0.5, 0.6) is 5.75 Å². The maximum Gasteiger partial charge on any atom is 0.315 e. The molecule has 10 heteroatoms. The van der Waals surface area contributed by atoms with Crippen LogP contribution in [0.2, 0.25) is 0 Å². The van der Waals surface area contributed by atoms with Crippen molar-refractivity contribution in [2.24, 2.45) is 5.92 Å². The highest BCUT2D eigenvalue weighted by atomic mass is 32.1. The minimum absolute atomic E-state index is 0.0425. The van der Waals surface area contributed by atoms with Gasteiger partial charge in [0.1, 0.15) is 11.7 Å². The molecule has 1 aliphatic carbocycles. The van der Waals surface area contributed by atoms with Crippen molar-refractivity contribution in [1.29, 1.82) is 0 Å². The molecule has 1 saturated heterocycles. The molecule has 0 saturated carbocycles. The normalized spacial score (nSPS) is 18.0. The number of amides is 1. The Kier molecular flexibility index (Phi) is 5.27. The number of carbonyl (C=O) groups excluding carboxylic acids is 2. The van der Waals surface area contributed by atoms with Crippen LogP contribution in [0.25, 0.3) is 10.2 Å². The Balaban J connectivity index is 1.20. The van der Waals surface area contributed by atoms with E-state index >= 15 is 0 Å². The van der Waals surface area contributed by atoms with Gasteiger partial charge < -0.3 is 19.7 Å². The number of ether oxygens (including phenoxy) is 2. The van der Waals surface area contributed by atoms with Crippen LogP contribution in [0.15, 0.2) is 18.2 Å². The molecule has 0 bridgehead atoms. The van der Waals surface area contributed by atoms with E-state index in [9.17, 15) is 9.59 Å². The van der Waals surface area contributed by atoms with Gasteiger partial charge in [0.05, 0.1) is 35.5 Å². The molecule has 1 aromatic carbocycles. The smallest absolute Gasteiger partial charge is 0.315 e. The predicted octanol–water partition coefficient (Wildman–Crippen LogP) is 3.43.